The fourth-order valence-corrected chi connectivity index (χ4v) is 4.35. The lowest BCUT2D eigenvalue weighted by molar-refractivity contribution is 0.381. The highest BCUT2D eigenvalue weighted by atomic mass is 35.5. The predicted molar refractivity (Wildman–Crippen MR) is 118 cm³/mol. The molecule has 2 N–H and O–H groups in total. The number of nitrogens with zero attached hydrogens (tertiary/aromatic N) is 2. The predicted octanol–water partition coefficient (Wildman–Crippen LogP) is 5.87. The molecule has 3 rings (SSSR count). The van der Waals surface area contributed by atoms with Gasteiger partial charge in [-0.1, -0.05) is 53.0 Å². The van der Waals surface area contributed by atoms with Crippen LogP contribution in [0.5, 0.6) is 0 Å². The van der Waals surface area contributed by atoms with E-state index in [9.17, 15) is 0 Å². The van der Waals surface area contributed by atoms with Gasteiger partial charge >= 0.3 is 10.4 Å². The first kappa shape index (κ1) is 24.0. The van der Waals surface area contributed by atoms with Gasteiger partial charge in [-0.15, -0.1) is 11.8 Å². The van der Waals surface area contributed by atoms with Gasteiger partial charge in [0.1, 0.15) is 0 Å². The van der Waals surface area contributed by atoms with Gasteiger partial charge in [0.15, 0.2) is 0 Å². The van der Waals surface area contributed by atoms with Gasteiger partial charge in [-0.3, -0.25) is 9.11 Å². The molecule has 0 radical (unpaired) electrons. The Kier molecular flexibility index (Phi) is 9.29. The molecule has 6 nitrogen and oxygen atoms in total. The molecule has 0 saturated carbocycles. The monoisotopic (exact) mass is 494 g/mol. The van der Waals surface area contributed by atoms with Crippen molar-refractivity contribution in [2.45, 2.75) is 17.5 Å². The summed E-state index contributed by atoms with van der Waals surface area (Å²) in [5.74, 6) is 0.871. The molecule has 0 fully saturated rings. The van der Waals surface area contributed by atoms with Gasteiger partial charge in [-0.25, -0.2) is 4.98 Å². The number of hydrogen-bond donors (Lipinski definition) is 2. The van der Waals surface area contributed by atoms with Gasteiger partial charge in [-0.05, 0) is 35.4 Å². The van der Waals surface area contributed by atoms with E-state index in [-0.39, 0.29) is 5.25 Å². The maximum atomic E-state index is 8.74. The molecule has 0 bridgehead atoms. The highest BCUT2D eigenvalue weighted by Crippen LogP contribution is 2.38. The third-order valence-electron chi connectivity index (χ3n) is 3.61. The molecule has 11 heteroatoms. The second-order valence-corrected chi connectivity index (χ2v) is 9.17. The van der Waals surface area contributed by atoms with E-state index in [1.165, 1.54) is 5.56 Å². The highest BCUT2D eigenvalue weighted by Gasteiger charge is 2.17. The van der Waals surface area contributed by atoms with E-state index in [1.807, 2.05) is 60.7 Å². The molecule has 0 saturated heterocycles. The lowest BCUT2D eigenvalue weighted by atomic mass is 10.1. The van der Waals surface area contributed by atoms with Gasteiger partial charge in [0.2, 0.25) is 0 Å². The SMILES string of the molecule is Clc1ccc(CSC(Cn2ccnc2)c2ccc(Cl)cc2Cl)cc1.O=S(=O)(O)O. The Labute approximate surface area is 188 Å². The second-order valence-electron chi connectivity index (χ2n) is 5.80. The Morgan fingerprint density at radius 2 is 1.66 bits per heavy atom. The number of benzene rings is 2. The molecule has 0 aliphatic rings. The summed E-state index contributed by atoms with van der Waals surface area (Å²) >= 11 is 20.2. The fourth-order valence-electron chi connectivity index (χ4n) is 2.37. The molecule has 0 spiro atoms. The summed E-state index contributed by atoms with van der Waals surface area (Å²) in [5.41, 5.74) is 2.30. The average molecular weight is 496 g/mol. The van der Waals surface area contributed by atoms with E-state index in [4.69, 9.17) is 52.3 Å². The summed E-state index contributed by atoms with van der Waals surface area (Å²) in [7, 11) is -4.67. The molecular formula is C18H17Cl3N2O4S2. The topological polar surface area (TPSA) is 92.4 Å². The molecule has 3 aromatic rings. The minimum absolute atomic E-state index is 0.194. The number of rotatable bonds is 6. The van der Waals surface area contributed by atoms with Crippen molar-refractivity contribution in [2.24, 2.45) is 0 Å². The summed E-state index contributed by atoms with van der Waals surface area (Å²) in [4.78, 5) is 4.12. The summed E-state index contributed by atoms with van der Waals surface area (Å²) in [5, 5.41) is 2.28. The van der Waals surface area contributed by atoms with Gasteiger partial charge in [0.05, 0.1) is 6.33 Å². The van der Waals surface area contributed by atoms with E-state index in [0.29, 0.717) is 10.0 Å². The summed E-state index contributed by atoms with van der Waals surface area (Å²) in [6, 6.07) is 13.6. The van der Waals surface area contributed by atoms with Crippen LogP contribution in [0, 0.1) is 0 Å². The average Bonchev–Trinajstić information content (AvgIpc) is 3.12. The smallest absolute Gasteiger partial charge is 0.336 e. The van der Waals surface area contributed by atoms with Crippen LogP contribution in [0.1, 0.15) is 16.4 Å². The minimum atomic E-state index is -4.67. The van der Waals surface area contributed by atoms with Crippen LogP contribution < -0.4 is 0 Å². The van der Waals surface area contributed by atoms with E-state index < -0.39 is 10.4 Å². The van der Waals surface area contributed by atoms with Crippen LogP contribution >= 0.6 is 46.6 Å². The fraction of sp³-hybridized carbons (Fsp3) is 0.167. The van der Waals surface area contributed by atoms with Crippen molar-refractivity contribution in [2.75, 3.05) is 0 Å². The number of thioether (sulfide) groups is 1. The Balaban J connectivity index is 0.000000537. The zero-order valence-corrected chi connectivity index (χ0v) is 18.7. The van der Waals surface area contributed by atoms with E-state index >= 15 is 0 Å². The van der Waals surface area contributed by atoms with Crippen molar-refractivity contribution < 1.29 is 17.5 Å². The van der Waals surface area contributed by atoms with Gasteiger partial charge < -0.3 is 4.57 Å². The molecule has 1 unspecified atom stereocenters. The first-order valence-corrected chi connectivity index (χ1v) is 11.7. The van der Waals surface area contributed by atoms with Crippen LogP contribution in [0.15, 0.2) is 61.2 Å². The highest BCUT2D eigenvalue weighted by molar-refractivity contribution is 7.98. The Bertz CT molecular complexity index is 1010. The van der Waals surface area contributed by atoms with E-state index in [0.717, 1.165) is 22.9 Å². The van der Waals surface area contributed by atoms with Gasteiger partial charge in [0.25, 0.3) is 0 Å². The number of aromatic nitrogens is 2. The molecule has 0 amide bonds. The molecule has 1 atom stereocenters. The molecular weight excluding hydrogens is 479 g/mol. The van der Waals surface area contributed by atoms with Gasteiger partial charge in [0, 0.05) is 45.0 Å². The third kappa shape index (κ3) is 9.39. The van der Waals surface area contributed by atoms with Crippen molar-refractivity contribution in [3.05, 3.63) is 87.4 Å². The quantitative estimate of drug-likeness (QED) is 0.416. The van der Waals surface area contributed by atoms with Crippen LogP contribution in [0.3, 0.4) is 0 Å². The van der Waals surface area contributed by atoms with Crippen LogP contribution in [-0.2, 0) is 22.7 Å². The van der Waals surface area contributed by atoms with Crippen LogP contribution in [0.25, 0.3) is 0 Å². The van der Waals surface area contributed by atoms with Crippen molar-refractivity contribution in [3.8, 4) is 0 Å². The molecule has 0 aliphatic heterocycles. The van der Waals surface area contributed by atoms with Crippen LogP contribution in [0.2, 0.25) is 15.1 Å². The van der Waals surface area contributed by atoms with E-state index in [1.54, 1.807) is 12.3 Å². The molecule has 29 heavy (non-hydrogen) atoms. The Morgan fingerprint density at radius 1 is 1.03 bits per heavy atom. The first-order chi connectivity index (χ1) is 13.6. The summed E-state index contributed by atoms with van der Waals surface area (Å²) < 4.78 is 33.6. The van der Waals surface area contributed by atoms with Crippen LogP contribution in [0.4, 0.5) is 0 Å². The van der Waals surface area contributed by atoms with E-state index in [2.05, 4.69) is 9.55 Å². The lowest BCUT2D eigenvalue weighted by Gasteiger charge is -2.19. The molecule has 2 aromatic carbocycles. The number of imidazole rings is 1. The molecule has 156 valence electrons. The maximum absolute atomic E-state index is 8.74. The summed E-state index contributed by atoms with van der Waals surface area (Å²) in [6.07, 6.45) is 5.56. The summed E-state index contributed by atoms with van der Waals surface area (Å²) in [6.45, 7) is 0.791. The third-order valence-corrected chi connectivity index (χ3v) is 5.73. The zero-order chi connectivity index (χ0) is 21.4. The van der Waals surface area contributed by atoms with Gasteiger partial charge in [-0.2, -0.15) is 8.42 Å². The second kappa shape index (κ2) is 11.2. The minimum Gasteiger partial charge on any atom is -0.336 e. The lowest BCUT2D eigenvalue weighted by Crippen LogP contribution is -2.06. The largest absolute Gasteiger partial charge is 0.394 e. The first-order valence-electron chi connectivity index (χ1n) is 8.08. The Morgan fingerprint density at radius 3 is 2.21 bits per heavy atom. The van der Waals surface area contributed by atoms with Crippen molar-refractivity contribution in [1.29, 1.82) is 0 Å². The van der Waals surface area contributed by atoms with Crippen molar-refractivity contribution in [3.63, 3.8) is 0 Å². The maximum Gasteiger partial charge on any atom is 0.394 e. The molecule has 1 aromatic heterocycles. The van der Waals surface area contributed by atoms with Crippen molar-refractivity contribution in [1.82, 2.24) is 9.55 Å². The Hall–Kier alpha value is -1.26. The number of hydrogen-bond acceptors (Lipinski definition) is 4. The zero-order valence-electron chi connectivity index (χ0n) is 14.8. The standard InChI is InChI=1S/C18H15Cl3N2S.H2O4S/c19-14-3-1-13(2-4-14)11-24-18(10-23-8-7-22-12-23)16-6-5-15(20)9-17(16)21;1-5(2,3)4/h1-9,12,18H,10-11H2;(H2,1,2,3,4). The molecule has 0 aliphatic carbocycles. The normalized spacial score (nSPS) is 12.2. The van der Waals surface area contributed by atoms with Crippen molar-refractivity contribution >= 4 is 57.0 Å². The number of halogens is 3. The van der Waals surface area contributed by atoms with Crippen LogP contribution in [-0.4, -0.2) is 27.1 Å². The molecule has 1 heterocycles.